The minimum atomic E-state index is -0.462. The van der Waals surface area contributed by atoms with Gasteiger partial charge in [-0.2, -0.15) is 19.2 Å². The lowest BCUT2D eigenvalue weighted by molar-refractivity contribution is -0.193. The zero-order valence-corrected chi connectivity index (χ0v) is 20.2. The van der Waals surface area contributed by atoms with Gasteiger partial charge in [0.15, 0.2) is 0 Å². The number of hydrogen-bond acceptors (Lipinski definition) is 9. The van der Waals surface area contributed by atoms with E-state index in [9.17, 15) is 4.79 Å². The molecule has 10 heteroatoms. The summed E-state index contributed by atoms with van der Waals surface area (Å²) in [6, 6.07) is 4.14. The van der Waals surface area contributed by atoms with Crippen LogP contribution in [0.25, 0.3) is 0 Å². The molecule has 1 N–H and O–H groups in total. The molecule has 0 unspecified atom stereocenters. The summed E-state index contributed by atoms with van der Waals surface area (Å²) in [6.07, 6.45) is 7.46. The second-order valence-electron chi connectivity index (χ2n) is 7.77. The quantitative estimate of drug-likeness (QED) is 0.704. The Balaban J connectivity index is -0.000000479. The molecule has 0 saturated carbocycles. The van der Waals surface area contributed by atoms with E-state index in [-0.39, 0.29) is 25.8 Å². The Morgan fingerprint density at radius 2 is 1.35 bits per heavy atom. The first-order chi connectivity index (χ1) is 15.4. The molecule has 0 aliphatic heterocycles. The van der Waals surface area contributed by atoms with E-state index in [1.54, 1.807) is 24.3 Å². The average molecular weight is 477 g/mol. The van der Waals surface area contributed by atoms with Crippen molar-refractivity contribution < 1.29 is 28.7 Å². The monoisotopic (exact) mass is 476 g/mol. The van der Waals surface area contributed by atoms with Crippen molar-refractivity contribution in [3.8, 4) is 0 Å². The molecular formula is C24H36N4O6. The number of carbonyl (C=O) groups excluding carboxylic acids is 5. The topological polar surface area (TPSA) is 136 Å². The highest BCUT2D eigenvalue weighted by Gasteiger charge is 2.19. The number of aromatic nitrogens is 2. The van der Waals surface area contributed by atoms with Crippen LogP contribution in [0.2, 0.25) is 0 Å². The number of hydrogen-bond donors (Lipinski definition) is 1. The molecule has 0 aromatic carbocycles. The molecule has 0 aliphatic rings. The molecule has 10 nitrogen and oxygen atoms in total. The molecule has 0 bridgehead atoms. The van der Waals surface area contributed by atoms with Crippen LogP contribution < -0.4 is 5.32 Å². The third kappa shape index (κ3) is 20.2. The minimum absolute atomic E-state index is 0. The largest absolute Gasteiger partial charge is 0.444 e. The predicted molar refractivity (Wildman–Crippen MR) is 125 cm³/mol. The lowest BCUT2D eigenvalue weighted by Gasteiger charge is -2.24. The Morgan fingerprint density at radius 1 is 0.941 bits per heavy atom. The van der Waals surface area contributed by atoms with Crippen LogP contribution in [0.4, 0.5) is 4.79 Å². The molecule has 2 aromatic rings. The number of amides is 1. The second-order valence-corrected chi connectivity index (χ2v) is 7.77. The van der Waals surface area contributed by atoms with Gasteiger partial charge in [-0.1, -0.05) is 19.6 Å². The maximum Gasteiger partial charge on any atom is 0.410 e. The molecule has 2 heterocycles. The van der Waals surface area contributed by atoms with Crippen LogP contribution >= 0.6 is 0 Å². The molecule has 0 saturated heterocycles. The van der Waals surface area contributed by atoms with Gasteiger partial charge in [-0.25, -0.2) is 4.79 Å². The van der Waals surface area contributed by atoms with Crippen molar-refractivity contribution in [1.82, 2.24) is 20.2 Å². The molecule has 188 valence electrons. The summed E-state index contributed by atoms with van der Waals surface area (Å²) in [5, 5.41) is 3.07. The summed E-state index contributed by atoms with van der Waals surface area (Å²) < 4.78 is 5.27. The second kappa shape index (κ2) is 19.9. The minimum Gasteiger partial charge on any atom is -0.444 e. The van der Waals surface area contributed by atoms with E-state index in [1.165, 1.54) is 11.1 Å². The number of nitrogens with zero attached hydrogens (tertiary/aromatic N) is 3. The summed E-state index contributed by atoms with van der Waals surface area (Å²) in [7, 11) is 3.65. The van der Waals surface area contributed by atoms with Gasteiger partial charge in [0.1, 0.15) is 5.60 Å². The highest BCUT2D eigenvalue weighted by atomic mass is 16.6. The summed E-state index contributed by atoms with van der Waals surface area (Å²) in [4.78, 5) is 53.9. The molecule has 0 spiro atoms. The van der Waals surface area contributed by atoms with Crippen molar-refractivity contribution in [1.29, 1.82) is 0 Å². The van der Waals surface area contributed by atoms with Gasteiger partial charge in [0.25, 0.3) is 0 Å². The van der Waals surface area contributed by atoms with E-state index in [0.29, 0.717) is 6.54 Å². The predicted octanol–water partition coefficient (Wildman–Crippen LogP) is 3.34. The molecular weight excluding hydrogens is 440 g/mol. The van der Waals surface area contributed by atoms with Crippen molar-refractivity contribution in [3.63, 3.8) is 0 Å². The highest BCUT2D eigenvalue weighted by molar-refractivity contribution is 5.67. The smallest absolute Gasteiger partial charge is 0.410 e. The van der Waals surface area contributed by atoms with E-state index < -0.39 is 5.60 Å². The van der Waals surface area contributed by atoms with Crippen LogP contribution in [-0.2, 0) is 37.0 Å². The Hall–Kier alpha value is -3.71. The maximum absolute atomic E-state index is 11.7. The molecule has 0 atom stereocenters. The fraction of sp³-hybridized carbons (Fsp3) is 0.458. The van der Waals surface area contributed by atoms with Crippen LogP contribution in [0.3, 0.4) is 0 Å². The standard InChI is InChI=1S/C13H20N2O2.C8H12N2.2CO2.CH4/c1-10-6-11(8-14-7-10)9-15(5)12(16)17-13(2,3)4;1-7-3-8(5-9-2)6-10-4-7;2*2-1-3;/h6-8H,9H2,1-5H3;3-4,6,9H,5H2,1-2H3;;;1H4. The number of ether oxygens (including phenoxy) is 1. The Kier molecular flexibility index (Phi) is 20.5. The molecule has 2 aromatic heterocycles. The third-order valence-electron chi connectivity index (χ3n) is 3.37. The van der Waals surface area contributed by atoms with Crippen molar-refractivity contribution in [2.75, 3.05) is 14.1 Å². The van der Waals surface area contributed by atoms with Gasteiger partial charge in [-0.05, 0) is 63.9 Å². The fourth-order valence-corrected chi connectivity index (χ4v) is 2.30. The summed E-state index contributed by atoms with van der Waals surface area (Å²) in [6.45, 7) is 11.0. The van der Waals surface area contributed by atoms with Crippen molar-refractivity contribution in [3.05, 3.63) is 59.2 Å². The van der Waals surface area contributed by atoms with E-state index >= 15 is 0 Å². The molecule has 0 aliphatic carbocycles. The molecule has 0 radical (unpaired) electrons. The number of carbonyl (C=O) groups is 1. The summed E-state index contributed by atoms with van der Waals surface area (Å²) in [5.74, 6) is 0. The molecule has 34 heavy (non-hydrogen) atoms. The van der Waals surface area contributed by atoms with E-state index in [1.807, 2.05) is 60.1 Å². The maximum atomic E-state index is 11.7. The zero-order valence-electron chi connectivity index (χ0n) is 20.2. The third-order valence-corrected chi connectivity index (χ3v) is 3.37. The van der Waals surface area contributed by atoms with Gasteiger partial charge in [0, 0.05) is 38.4 Å². The SMILES string of the molecule is C.CNCc1cncc(C)c1.Cc1cncc(CN(C)C(=O)OC(C)(C)C)c1.O=C=O.O=C=O. The number of rotatable bonds is 4. The van der Waals surface area contributed by atoms with Crippen molar-refractivity contribution in [2.45, 2.75) is 60.7 Å². The Morgan fingerprint density at radius 3 is 1.74 bits per heavy atom. The molecule has 1 amide bonds. The first-order valence-electron chi connectivity index (χ1n) is 9.82. The van der Waals surface area contributed by atoms with Crippen LogP contribution in [0, 0.1) is 13.8 Å². The summed E-state index contributed by atoms with van der Waals surface area (Å²) in [5.41, 5.74) is 4.07. The summed E-state index contributed by atoms with van der Waals surface area (Å²) >= 11 is 0. The first kappa shape index (κ1) is 34.9. The lowest BCUT2D eigenvalue weighted by Crippen LogP contribution is -2.33. The normalized spacial score (nSPS) is 8.91. The fourth-order valence-electron chi connectivity index (χ4n) is 2.30. The van der Waals surface area contributed by atoms with E-state index in [4.69, 9.17) is 23.9 Å². The van der Waals surface area contributed by atoms with Gasteiger partial charge >= 0.3 is 18.4 Å². The van der Waals surface area contributed by atoms with Gasteiger partial charge in [0.05, 0.1) is 6.54 Å². The number of aryl methyl sites for hydroxylation is 2. The lowest BCUT2D eigenvalue weighted by atomic mass is 10.2. The Labute approximate surface area is 201 Å². The van der Waals surface area contributed by atoms with Crippen LogP contribution in [0.5, 0.6) is 0 Å². The van der Waals surface area contributed by atoms with Crippen LogP contribution in [0.15, 0.2) is 36.9 Å². The van der Waals surface area contributed by atoms with Crippen molar-refractivity contribution in [2.24, 2.45) is 0 Å². The zero-order chi connectivity index (χ0) is 25.9. The Bertz CT molecular complexity index is 888. The molecule has 0 fully saturated rings. The van der Waals surface area contributed by atoms with Gasteiger partial charge < -0.3 is 15.0 Å². The number of pyridine rings is 2. The van der Waals surface area contributed by atoms with Crippen molar-refractivity contribution >= 4 is 18.4 Å². The van der Waals surface area contributed by atoms with Crippen LogP contribution in [-0.4, -0.2) is 53.0 Å². The van der Waals surface area contributed by atoms with E-state index in [2.05, 4.69) is 21.4 Å². The average Bonchev–Trinajstić information content (AvgIpc) is 2.69. The van der Waals surface area contributed by atoms with Gasteiger partial charge in [0.2, 0.25) is 0 Å². The van der Waals surface area contributed by atoms with Gasteiger partial charge in [-0.15, -0.1) is 0 Å². The van der Waals surface area contributed by atoms with Crippen LogP contribution in [0.1, 0.15) is 50.5 Å². The molecule has 2 rings (SSSR count). The number of nitrogens with one attached hydrogen (secondary N) is 1. The van der Waals surface area contributed by atoms with Gasteiger partial charge in [-0.3, -0.25) is 9.97 Å². The highest BCUT2D eigenvalue weighted by Crippen LogP contribution is 2.11. The van der Waals surface area contributed by atoms with E-state index in [0.717, 1.165) is 17.7 Å². The first-order valence-corrected chi connectivity index (χ1v) is 9.82.